The van der Waals surface area contributed by atoms with E-state index >= 15 is 0 Å². The Hall–Kier alpha value is 0.310. The number of hydrogen-bond acceptors (Lipinski definition) is 2. The molecule has 0 saturated carbocycles. The van der Waals surface area contributed by atoms with Crippen LogP contribution in [0.2, 0.25) is 0 Å². The van der Waals surface area contributed by atoms with Gasteiger partial charge in [0.15, 0.2) is 0 Å². The summed E-state index contributed by atoms with van der Waals surface area (Å²) in [6.07, 6.45) is 4.99. The fraction of sp³-hybridized carbons (Fsp3) is 1.00. The van der Waals surface area contributed by atoms with Crippen molar-refractivity contribution < 1.29 is 0 Å². The molecule has 0 atom stereocenters. The third-order valence-corrected chi connectivity index (χ3v) is 1.82. The van der Waals surface area contributed by atoms with Crippen LogP contribution in [0.5, 0.6) is 0 Å². The number of nitrogens with one attached hydrogen (secondary N) is 1. The lowest BCUT2D eigenvalue weighted by Crippen LogP contribution is -2.19. The van der Waals surface area contributed by atoms with Crippen LogP contribution in [0.1, 0.15) is 39.5 Å². The molecule has 0 heterocycles. The molecule has 0 radical (unpaired) electrons. The molecule has 9 heavy (non-hydrogen) atoms. The predicted molar refractivity (Wildman–Crippen MR) is 45.7 cm³/mol. The van der Waals surface area contributed by atoms with Crippen LogP contribution in [-0.2, 0) is 0 Å². The monoisotopic (exact) mass is 147 g/mol. The zero-order valence-corrected chi connectivity index (χ0v) is 7.25. The Kier molecular flexibility index (Phi) is 6.65. The maximum atomic E-state index is 4.03. The van der Waals surface area contributed by atoms with E-state index in [1.54, 1.807) is 0 Å². The van der Waals surface area contributed by atoms with Gasteiger partial charge in [0.05, 0.1) is 0 Å². The number of thiol groups is 1. The molecule has 0 unspecified atom stereocenters. The van der Waals surface area contributed by atoms with Crippen molar-refractivity contribution in [1.29, 1.82) is 0 Å². The van der Waals surface area contributed by atoms with Gasteiger partial charge in [0, 0.05) is 6.04 Å². The van der Waals surface area contributed by atoms with Gasteiger partial charge < -0.3 is 0 Å². The van der Waals surface area contributed by atoms with Gasteiger partial charge in [-0.3, -0.25) is 4.72 Å². The van der Waals surface area contributed by atoms with Gasteiger partial charge in [-0.25, -0.2) is 0 Å². The van der Waals surface area contributed by atoms with Crippen LogP contribution in [0, 0.1) is 0 Å². The summed E-state index contributed by atoms with van der Waals surface area (Å²) in [6, 6.07) is 0.628. The molecule has 0 aromatic rings. The van der Waals surface area contributed by atoms with Crippen LogP contribution in [-0.4, -0.2) is 6.04 Å². The molecule has 0 saturated heterocycles. The summed E-state index contributed by atoms with van der Waals surface area (Å²) in [5.74, 6) is 0. The molecule has 56 valence electrons. The molecule has 0 aromatic heterocycles. The molecule has 0 fully saturated rings. The zero-order valence-electron chi connectivity index (χ0n) is 6.35. The van der Waals surface area contributed by atoms with E-state index < -0.39 is 0 Å². The fourth-order valence-corrected chi connectivity index (χ4v) is 1.23. The van der Waals surface area contributed by atoms with Gasteiger partial charge in [0.2, 0.25) is 0 Å². The first kappa shape index (κ1) is 9.31. The van der Waals surface area contributed by atoms with Crippen LogP contribution >= 0.6 is 12.8 Å². The molecular weight excluding hydrogens is 130 g/mol. The third-order valence-electron chi connectivity index (χ3n) is 1.46. The third kappa shape index (κ3) is 4.79. The lowest BCUT2D eigenvalue weighted by Gasteiger charge is -2.11. The summed E-state index contributed by atoms with van der Waals surface area (Å²) in [5, 5.41) is 0. The highest BCUT2D eigenvalue weighted by molar-refractivity contribution is 7.78. The molecule has 0 aliphatic heterocycles. The molecule has 0 aliphatic rings. The molecule has 1 nitrogen and oxygen atoms in total. The van der Waals surface area contributed by atoms with E-state index in [9.17, 15) is 0 Å². The summed E-state index contributed by atoms with van der Waals surface area (Å²) in [4.78, 5) is 0. The molecule has 0 spiro atoms. The Balaban J connectivity index is 3.18. The molecule has 0 bridgehead atoms. The second kappa shape index (κ2) is 6.43. The minimum atomic E-state index is 0.628. The van der Waals surface area contributed by atoms with E-state index in [1.807, 2.05) is 0 Å². The van der Waals surface area contributed by atoms with E-state index in [2.05, 4.69) is 31.4 Å². The quantitative estimate of drug-likeness (QED) is 0.569. The zero-order chi connectivity index (χ0) is 7.11. The minimum Gasteiger partial charge on any atom is -0.264 e. The summed E-state index contributed by atoms with van der Waals surface area (Å²) in [6.45, 7) is 4.40. The fourth-order valence-electron chi connectivity index (χ4n) is 0.970. The van der Waals surface area contributed by atoms with Crippen LogP contribution in [0.4, 0.5) is 0 Å². The Morgan fingerprint density at radius 2 is 1.67 bits per heavy atom. The lowest BCUT2D eigenvalue weighted by molar-refractivity contribution is 0.527. The highest BCUT2D eigenvalue weighted by Gasteiger charge is 2.01. The van der Waals surface area contributed by atoms with Gasteiger partial charge >= 0.3 is 0 Å². The molecule has 0 amide bonds. The van der Waals surface area contributed by atoms with Crippen LogP contribution < -0.4 is 4.72 Å². The van der Waals surface area contributed by atoms with Gasteiger partial charge in [0.1, 0.15) is 0 Å². The highest BCUT2D eigenvalue weighted by atomic mass is 32.1. The van der Waals surface area contributed by atoms with Crippen molar-refractivity contribution in [2.75, 3.05) is 0 Å². The van der Waals surface area contributed by atoms with Crippen LogP contribution in [0.25, 0.3) is 0 Å². The minimum absolute atomic E-state index is 0.628. The van der Waals surface area contributed by atoms with Crippen molar-refractivity contribution >= 4 is 12.8 Å². The molecule has 2 heteroatoms. The second-order valence-corrected chi connectivity index (χ2v) is 2.66. The van der Waals surface area contributed by atoms with E-state index in [-0.39, 0.29) is 0 Å². The maximum absolute atomic E-state index is 4.03. The van der Waals surface area contributed by atoms with Crippen molar-refractivity contribution in [2.45, 2.75) is 45.6 Å². The van der Waals surface area contributed by atoms with Crippen LogP contribution in [0.3, 0.4) is 0 Å². The normalized spacial score (nSPS) is 10.7. The van der Waals surface area contributed by atoms with Crippen molar-refractivity contribution in [3.05, 3.63) is 0 Å². The van der Waals surface area contributed by atoms with Gasteiger partial charge in [0.25, 0.3) is 0 Å². The maximum Gasteiger partial charge on any atom is 0.0169 e. The van der Waals surface area contributed by atoms with E-state index in [4.69, 9.17) is 0 Å². The largest absolute Gasteiger partial charge is 0.264 e. The summed E-state index contributed by atoms with van der Waals surface area (Å²) in [5.41, 5.74) is 0. The average Bonchev–Trinajstić information content (AvgIpc) is 1.88. The number of rotatable bonds is 5. The van der Waals surface area contributed by atoms with Gasteiger partial charge in [-0.15, -0.1) is 0 Å². The first-order valence-electron chi connectivity index (χ1n) is 3.74. The molecule has 0 aromatic carbocycles. The molecular formula is C7H17NS. The Bertz CT molecular complexity index is 50.9. The summed E-state index contributed by atoms with van der Waals surface area (Å²) < 4.78 is 3.00. The Labute approximate surface area is 63.8 Å². The smallest absolute Gasteiger partial charge is 0.0169 e. The molecule has 0 rings (SSSR count). The predicted octanol–water partition coefficient (Wildman–Crippen LogP) is 2.39. The first-order chi connectivity index (χ1) is 4.35. The van der Waals surface area contributed by atoms with Crippen molar-refractivity contribution in [1.82, 2.24) is 4.72 Å². The number of hydrogen-bond donors (Lipinski definition) is 2. The Morgan fingerprint density at radius 3 is 1.89 bits per heavy atom. The highest BCUT2D eigenvalue weighted by Crippen LogP contribution is 2.04. The Morgan fingerprint density at radius 1 is 1.22 bits per heavy atom. The van der Waals surface area contributed by atoms with E-state index in [1.165, 1.54) is 25.7 Å². The van der Waals surface area contributed by atoms with E-state index in [0.717, 1.165) is 0 Å². The van der Waals surface area contributed by atoms with Gasteiger partial charge in [-0.05, 0) is 12.8 Å². The average molecular weight is 147 g/mol. The topological polar surface area (TPSA) is 12.0 Å². The lowest BCUT2D eigenvalue weighted by atomic mass is 10.1. The van der Waals surface area contributed by atoms with Crippen molar-refractivity contribution in [3.8, 4) is 0 Å². The molecule has 1 N–H and O–H groups in total. The van der Waals surface area contributed by atoms with Crippen molar-refractivity contribution in [3.63, 3.8) is 0 Å². The van der Waals surface area contributed by atoms with E-state index in [0.29, 0.717) is 6.04 Å². The second-order valence-electron chi connectivity index (χ2n) is 2.40. The first-order valence-corrected chi connectivity index (χ1v) is 4.19. The summed E-state index contributed by atoms with van der Waals surface area (Å²) in [7, 11) is 0. The molecule has 0 aliphatic carbocycles. The standard InChI is InChI=1S/C7H17NS/c1-3-5-7(8-9)6-4-2/h7-9H,3-6H2,1-2H3. The van der Waals surface area contributed by atoms with Crippen LogP contribution in [0.15, 0.2) is 0 Å². The summed E-state index contributed by atoms with van der Waals surface area (Å²) >= 11 is 4.03. The van der Waals surface area contributed by atoms with Crippen molar-refractivity contribution in [2.24, 2.45) is 0 Å². The van der Waals surface area contributed by atoms with Gasteiger partial charge in [-0.2, -0.15) is 0 Å². The SMILES string of the molecule is CCCC(CCC)NS. The van der Waals surface area contributed by atoms with Gasteiger partial charge in [-0.1, -0.05) is 39.5 Å².